The summed E-state index contributed by atoms with van der Waals surface area (Å²) in [6.45, 7) is 6.26. The number of esters is 1. The van der Waals surface area contributed by atoms with Crippen molar-refractivity contribution in [2.45, 2.75) is 33.7 Å². The lowest BCUT2D eigenvalue weighted by molar-refractivity contribution is -0.121. The van der Waals surface area contributed by atoms with Crippen molar-refractivity contribution in [1.29, 1.82) is 0 Å². The fourth-order valence-electron chi connectivity index (χ4n) is 1.59. The summed E-state index contributed by atoms with van der Waals surface area (Å²) in [5.74, 6) is -0.0740. The summed E-state index contributed by atoms with van der Waals surface area (Å²) < 4.78 is 6.35. The van der Waals surface area contributed by atoms with Crippen molar-refractivity contribution < 1.29 is 14.3 Å². The molecule has 3 N–H and O–H groups in total. The highest BCUT2D eigenvalue weighted by molar-refractivity contribution is 5.92. The van der Waals surface area contributed by atoms with E-state index in [0.29, 0.717) is 12.4 Å². The number of nitrogen functional groups attached to an aromatic ring is 1. The molecule has 0 saturated heterocycles. The van der Waals surface area contributed by atoms with Crippen molar-refractivity contribution >= 4 is 17.7 Å². The summed E-state index contributed by atoms with van der Waals surface area (Å²) in [6.07, 6.45) is 0.859. The number of hydrogen-bond donors (Lipinski definition) is 2. The average molecular weight is 268 g/mol. The van der Waals surface area contributed by atoms with E-state index in [1.165, 1.54) is 4.57 Å². The van der Waals surface area contributed by atoms with Crippen LogP contribution >= 0.6 is 0 Å². The second-order valence-electron chi connectivity index (χ2n) is 4.05. The molecule has 1 amide bonds. The van der Waals surface area contributed by atoms with E-state index in [-0.39, 0.29) is 30.6 Å². The van der Waals surface area contributed by atoms with E-state index in [9.17, 15) is 9.59 Å². The van der Waals surface area contributed by atoms with Gasteiger partial charge in [0.2, 0.25) is 5.91 Å². The standard InChI is InChI=1S/C12H20N4O3/c1-4-6-14-9(17)7-16-8(3)15-10(11(16)13)12(18)19-5-2/h4-7,13H2,1-3H3,(H,14,17). The van der Waals surface area contributed by atoms with Crippen molar-refractivity contribution in [3.05, 3.63) is 11.5 Å². The third kappa shape index (κ3) is 3.70. The molecule has 0 radical (unpaired) electrons. The molecular weight excluding hydrogens is 248 g/mol. The molecule has 0 fully saturated rings. The highest BCUT2D eigenvalue weighted by atomic mass is 16.5. The quantitative estimate of drug-likeness (QED) is 0.731. The Kier molecular flexibility index (Phi) is 5.35. The van der Waals surface area contributed by atoms with E-state index < -0.39 is 5.97 Å². The average Bonchev–Trinajstić information content (AvgIpc) is 2.64. The lowest BCUT2D eigenvalue weighted by atomic mass is 10.4. The fourth-order valence-corrected chi connectivity index (χ4v) is 1.59. The van der Waals surface area contributed by atoms with Gasteiger partial charge in [-0.2, -0.15) is 0 Å². The van der Waals surface area contributed by atoms with Crippen LogP contribution in [0.5, 0.6) is 0 Å². The van der Waals surface area contributed by atoms with E-state index in [1.807, 2.05) is 6.92 Å². The number of imidazole rings is 1. The topological polar surface area (TPSA) is 99.2 Å². The smallest absolute Gasteiger partial charge is 0.360 e. The minimum atomic E-state index is -0.573. The van der Waals surface area contributed by atoms with Gasteiger partial charge in [0, 0.05) is 6.54 Å². The molecule has 0 atom stereocenters. The predicted octanol–water partition coefficient (Wildman–Crippen LogP) is 0.477. The highest BCUT2D eigenvalue weighted by Gasteiger charge is 2.20. The summed E-state index contributed by atoms with van der Waals surface area (Å²) >= 11 is 0. The van der Waals surface area contributed by atoms with Crippen LogP contribution < -0.4 is 11.1 Å². The van der Waals surface area contributed by atoms with E-state index in [0.717, 1.165) is 6.42 Å². The summed E-state index contributed by atoms with van der Waals surface area (Å²) in [6, 6.07) is 0. The van der Waals surface area contributed by atoms with Crippen molar-refractivity contribution in [3.63, 3.8) is 0 Å². The first kappa shape index (κ1) is 15.0. The number of rotatable bonds is 6. The molecule has 0 aliphatic heterocycles. The maximum atomic E-state index is 11.6. The first-order chi connectivity index (χ1) is 9.01. The second kappa shape index (κ2) is 6.77. The minimum Gasteiger partial charge on any atom is -0.461 e. The van der Waals surface area contributed by atoms with Crippen LogP contribution in [0.25, 0.3) is 0 Å². The van der Waals surface area contributed by atoms with Crippen LogP contribution in [0.3, 0.4) is 0 Å². The van der Waals surface area contributed by atoms with Crippen LogP contribution in [0.15, 0.2) is 0 Å². The Hall–Kier alpha value is -2.05. The molecule has 0 saturated carbocycles. The minimum absolute atomic E-state index is 0.0457. The lowest BCUT2D eigenvalue weighted by Gasteiger charge is -2.08. The van der Waals surface area contributed by atoms with Gasteiger partial charge in [0.15, 0.2) is 5.69 Å². The van der Waals surface area contributed by atoms with Crippen LogP contribution in [-0.4, -0.2) is 34.6 Å². The number of carbonyl (C=O) groups excluding carboxylic acids is 2. The number of ether oxygens (including phenoxy) is 1. The third-order valence-corrected chi connectivity index (χ3v) is 2.54. The maximum absolute atomic E-state index is 11.6. The maximum Gasteiger partial charge on any atom is 0.360 e. The zero-order chi connectivity index (χ0) is 14.4. The van der Waals surface area contributed by atoms with Crippen LogP contribution in [-0.2, 0) is 16.1 Å². The molecule has 0 spiro atoms. The highest BCUT2D eigenvalue weighted by Crippen LogP contribution is 2.15. The summed E-state index contributed by atoms with van der Waals surface area (Å²) in [7, 11) is 0. The number of anilines is 1. The molecule has 1 aromatic rings. The van der Waals surface area contributed by atoms with Gasteiger partial charge >= 0.3 is 5.97 Å². The summed E-state index contributed by atoms with van der Waals surface area (Å²) in [4.78, 5) is 27.3. The molecule has 0 aromatic carbocycles. The van der Waals surface area contributed by atoms with Gasteiger partial charge in [-0.05, 0) is 20.3 Å². The summed E-state index contributed by atoms with van der Waals surface area (Å²) in [5.41, 5.74) is 5.89. The van der Waals surface area contributed by atoms with Crippen molar-refractivity contribution in [3.8, 4) is 0 Å². The number of hydrogen-bond acceptors (Lipinski definition) is 5. The normalized spacial score (nSPS) is 10.3. The zero-order valence-electron chi connectivity index (χ0n) is 11.5. The molecule has 1 aromatic heterocycles. The fraction of sp³-hybridized carbons (Fsp3) is 0.583. The largest absolute Gasteiger partial charge is 0.461 e. The molecule has 1 heterocycles. The van der Waals surface area contributed by atoms with E-state index in [2.05, 4.69) is 10.3 Å². The zero-order valence-corrected chi connectivity index (χ0v) is 11.5. The van der Waals surface area contributed by atoms with E-state index in [1.54, 1.807) is 13.8 Å². The molecule has 106 valence electrons. The van der Waals surface area contributed by atoms with Gasteiger partial charge in [0.05, 0.1) is 6.61 Å². The Morgan fingerprint density at radius 3 is 2.68 bits per heavy atom. The molecule has 19 heavy (non-hydrogen) atoms. The van der Waals surface area contributed by atoms with Crippen molar-refractivity contribution in [2.75, 3.05) is 18.9 Å². The molecule has 0 aliphatic rings. The number of nitrogens with two attached hydrogens (primary N) is 1. The first-order valence-corrected chi connectivity index (χ1v) is 6.27. The van der Waals surface area contributed by atoms with E-state index >= 15 is 0 Å². The second-order valence-corrected chi connectivity index (χ2v) is 4.05. The number of amides is 1. The van der Waals surface area contributed by atoms with Gasteiger partial charge < -0.3 is 20.4 Å². The van der Waals surface area contributed by atoms with Gasteiger partial charge in [0.25, 0.3) is 0 Å². The predicted molar refractivity (Wildman–Crippen MR) is 70.6 cm³/mol. The van der Waals surface area contributed by atoms with Crippen LogP contribution in [0.1, 0.15) is 36.6 Å². The number of aromatic nitrogens is 2. The molecule has 0 aliphatic carbocycles. The number of aryl methyl sites for hydroxylation is 1. The molecule has 7 nitrogen and oxygen atoms in total. The monoisotopic (exact) mass is 268 g/mol. The Bertz CT molecular complexity index is 468. The van der Waals surface area contributed by atoms with Gasteiger partial charge in [-0.1, -0.05) is 6.92 Å². The van der Waals surface area contributed by atoms with Crippen LogP contribution in [0.2, 0.25) is 0 Å². The Labute approximate surface area is 112 Å². The van der Waals surface area contributed by atoms with Crippen molar-refractivity contribution in [2.24, 2.45) is 0 Å². The van der Waals surface area contributed by atoms with Gasteiger partial charge in [-0.3, -0.25) is 4.79 Å². The molecule has 1 rings (SSSR count). The molecule has 0 bridgehead atoms. The van der Waals surface area contributed by atoms with Gasteiger partial charge in [-0.15, -0.1) is 0 Å². The van der Waals surface area contributed by atoms with Gasteiger partial charge in [0.1, 0.15) is 18.2 Å². The summed E-state index contributed by atoms with van der Waals surface area (Å²) in [5, 5.41) is 2.74. The molecule has 7 heteroatoms. The number of nitrogens with zero attached hydrogens (tertiary/aromatic N) is 2. The molecular formula is C12H20N4O3. The Balaban J connectivity index is 2.85. The van der Waals surface area contributed by atoms with Gasteiger partial charge in [-0.25, -0.2) is 9.78 Å². The van der Waals surface area contributed by atoms with Crippen LogP contribution in [0.4, 0.5) is 5.82 Å². The van der Waals surface area contributed by atoms with Crippen LogP contribution in [0, 0.1) is 6.92 Å². The third-order valence-electron chi connectivity index (χ3n) is 2.54. The Morgan fingerprint density at radius 2 is 2.11 bits per heavy atom. The molecule has 0 unspecified atom stereocenters. The number of nitrogens with one attached hydrogen (secondary N) is 1. The Morgan fingerprint density at radius 1 is 1.42 bits per heavy atom. The SMILES string of the molecule is CCCNC(=O)Cn1c(C)nc(C(=O)OCC)c1N. The number of carbonyl (C=O) groups is 2. The lowest BCUT2D eigenvalue weighted by Crippen LogP contribution is -2.29. The first-order valence-electron chi connectivity index (χ1n) is 6.27. The van der Waals surface area contributed by atoms with Crippen molar-refractivity contribution in [1.82, 2.24) is 14.9 Å². The van der Waals surface area contributed by atoms with E-state index in [4.69, 9.17) is 10.5 Å².